The maximum Gasteiger partial charge on any atom is 0.253 e. The minimum atomic E-state index is -0.0557. The van der Waals surface area contributed by atoms with Gasteiger partial charge in [0.15, 0.2) is 0 Å². The highest BCUT2D eigenvalue weighted by Gasteiger charge is 2.25. The third kappa shape index (κ3) is 4.51. The summed E-state index contributed by atoms with van der Waals surface area (Å²) in [4.78, 5) is 28.3. The van der Waals surface area contributed by atoms with Gasteiger partial charge in [0.2, 0.25) is 0 Å². The minimum Gasteiger partial charge on any atom is -0.352 e. The molecule has 4 rings (SSSR count). The van der Waals surface area contributed by atoms with Crippen LogP contribution in [0.3, 0.4) is 0 Å². The molecule has 1 aliphatic heterocycles. The molecule has 0 unspecified atom stereocenters. The van der Waals surface area contributed by atoms with Crippen LogP contribution < -0.4 is 10.9 Å². The largest absolute Gasteiger partial charge is 0.352 e. The summed E-state index contributed by atoms with van der Waals surface area (Å²) >= 11 is 0. The summed E-state index contributed by atoms with van der Waals surface area (Å²) < 4.78 is 1.78. The van der Waals surface area contributed by atoms with Crippen LogP contribution in [0, 0.1) is 0 Å². The maximum atomic E-state index is 13.2. The van der Waals surface area contributed by atoms with Crippen molar-refractivity contribution in [2.75, 3.05) is 20.1 Å². The zero-order chi connectivity index (χ0) is 20.9. The molecule has 1 aliphatic carbocycles. The number of hydrogen-bond acceptors (Lipinski definition) is 3. The number of hydrogen-bond donors (Lipinski definition) is 1. The number of rotatable bonds is 7. The maximum absolute atomic E-state index is 13.2. The SMILES string of the molecule is CN(CCCNC(=O)c1c(-c2ccccc2)cc(=O)n2c1CCC2)C1CCCCC1. The topological polar surface area (TPSA) is 54.3 Å². The molecule has 1 aromatic carbocycles. The second-order valence-electron chi connectivity index (χ2n) is 8.72. The number of fused-ring (bicyclic) bond motifs is 1. The Balaban J connectivity index is 1.46. The molecule has 1 fully saturated rings. The first-order valence-corrected chi connectivity index (χ1v) is 11.5. The molecule has 0 saturated heterocycles. The number of amides is 1. The van der Waals surface area contributed by atoms with E-state index in [2.05, 4.69) is 17.3 Å². The number of benzene rings is 1. The van der Waals surface area contributed by atoms with Crippen molar-refractivity contribution in [3.63, 3.8) is 0 Å². The van der Waals surface area contributed by atoms with E-state index in [-0.39, 0.29) is 11.5 Å². The van der Waals surface area contributed by atoms with Crippen LogP contribution in [0.15, 0.2) is 41.2 Å². The van der Waals surface area contributed by atoms with Gasteiger partial charge in [-0.1, -0.05) is 49.6 Å². The summed E-state index contributed by atoms with van der Waals surface area (Å²) in [5.74, 6) is -0.0557. The van der Waals surface area contributed by atoms with Gasteiger partial charge in [0, 0.05) is 36.5 Å². The molecule has 1 aromatic heterocycles. The fourth-order valence-electron chi connectivity index (χ4n) is 5.03. The fourth-order valence-corrected chi connectivity index (χ4v) is 5.03. The molecular formula is C25H33N3O2. The van der Waals surface area contributed by atoms with Crippen LogP contribution in [0.5, 0.6) is 0 Å². The van der Waals surface area contributed by atoms with E-state index in [1.165, 1.54) is 32.1 Å². The molecule has 5 nitrogen and oxygen atoms in total. The lowest BCUT2D eigenvalue weighted by Crippen LogP contribution is -2.36. The predicted octanol–water partition coefficient (Wildman–Crippen LogP) is 3.85. The highest BCUT2D eigenvalue weighted by atomic mass is 16.2. The van der Waals surface area contributed by atoms with Crippen molar-refractivity contribution in [1.29, 1.82) is 0 Å². The Morgan fingerprint density at radius 1 is 1.13 bits per heavy atom. The Hall–Kier alpha value is -2.40. The monoisotopic (exact) mass is 407 g/mol. The third-order valence-corrected chi connectivity index (χ3v) is 6.70. The van der Waals surface area contributed by atoms with Gasteiger partial charge >= 0.3 is 0 Å². The Morgan fingerprint density at radius 3 is 2.67 bits per heavy atom. The predicted molar refractivity (Wildman–Crippen MR) is 121 cm³/mol. The van der Waals surface area contributed by atoms with Gasteiger partial charge in [0.25, 0.3) is 11.5 Å². The van der Waals surface area contributed by atoms with Gasteiger partial charge in [-0.3, -0.25) is 9.59 Å². The molecule has 1 amide bonds. The Labute approximate surface area is 179 Å². The van der Waals surface area contributed by atoms with E-state index in [9.17, 15) is 9.59 Å². The van der Waals surface area contributed by atoms with Gasteiger partial charge in [-0.15, -0.1) is 0 Å². The van der Waals surface area contributed by atoms with Crippen LogP contribution in [0.1, 0.15) is 61.0 Å². The number of nitrogens with one attached hydrogen (secondary N) is 1. The van der Waals surface area contributed by atoms with Crippen molar-refractivity contribution in [3.8, 4) is 11.1 Å². The van der Waals surface area contributed by atoms with E-state index in [0.717, 1.165) is 42.6 Å². The Kier molecular flexibility index (Phi) is 6.68. The zero-order valence-corrected chi connectivity index (χ0v) is 18.0. The molecule has 0 bridgehead atoms. The first-order valence-electron chi connectivity index (χ1n) is 11.5. The molecule has 0 radical (unpaired) electrons. The second-order valence-corrected chi connectivity index (χ2v) is 8.72. The smallest absolute Gasteiger partial charge is 0.253 e. The van der Waals surface area contributed by atoms with Gasteiger partial charge in [-0.2, -0.15) is 0 Å². The van der Waals surface area contributed by atoms with Crippen molar-refractivity contribution >= 4 is 5.91 Å². The average molecular weight is 408 g/mol. The minimum absolute atomic E-state index is 0.00740. The van der Waals surface area contributed by atoms with Crippen LogP contribution in [0.25, 0.3) is 11.1 Å². The molecule has 1 N–H and O–H groups in total. The summed E-state index contributed by atoms with van der Waals surface area (Å²) in [5, 5.41) is 3.14. The Bertz CT molecular complexity index is 929. The van der Waals surface area contributed by atoms with Crippen molar-refractivity contribution in [3.05, 3.63) is 58.0 Å². The summed E-state index contributed by atoms with van der Waals surface area (Å²) in [5.41, 5.74) is 3.24. The first kappa shape index (κ1) is 20.9. The normalized spacial score (nSPS) is 16.6. The Morgan fingerprint density at radius 2 is 1.90 bits per heavy atom. The van der Waals surface area contributed by atoms with Crippen molar-refractivity contribution in [1.82, 2.24) is 14.8 Å². The first-order chi connectivity index (χ1) is 14.6. The van der Waals surface area contributed by atoms with E-state index >= 15 is 0 Å². The van der Waals surface area contributed by atoms with Gasteiger partial charge in [0.1, 0.15) is 0 Å². The number of carbonyl (C=O) groups excluding carboxylic acids is 1. The molecule has 5 heteroatoms. The molecule has 2 aromatic rings. The van der Waals surface area contributed by atoms with Gasteiger partial charge in [-0.25, -0.2) is 0 Å². The number of carbonyl (C=O) groups is 1. The number of pyridine rings is 1. The van der Waals surface area contributed by atoms with E-state index in [4.69, 9.17) is 0 Å². The highest BCUT2D eigenvalue weighted by molar-refractivity contribution is 6.02. The van der Waals surface area contributed by atoms with Gasteiger partial charge < -0.3 is 14.8 Å². The summed E-state index contributed by atoms with van der Waals surface area (Å²) in [6.07, 6.45) is 9.29. The average Bonchev–Trinajstić information content (AvgIpc) is 3.28. The van der Waals surface area contributed by atoms with Crippen LogP contribution in [-0.2, 0) is 13.0 Å². The van der Waals surface area contributed by atoms with E-state index in [1.807, 2.05) is 30.3 Å². The zero-order valence-electron chi connectivity index (χ0n) is 18.0. The van der Waals surface area contributed by atoms with Crippen LogP contribution in [0.4, 0.5) is 0 Å². The lowest BCUT2D eigenvalue weighted by Gasteiger charge is -2.31. The second kappa shape index (κ2) is 9.61. The quantitative estimate of drug-likeness (QED) is 0.710. The number of aromatic nitrogens is 1. The van der Waals surface area contributed by atoms with Gasteiger partial charge in [0.05, 0.1) is 5.56 Å². The van der Waals surface area contributed by atoms with E-state index < -0.39 is 0 Å². The molecule has 1 saturated carbocycles. The number of nitrogens with zero attached hydrogens (tertiary/aromatic N) is 2. The van der Waals surface area contributed by atoms with Crippen molar-refractivity contribution in [2.45, 2.75) is 64.0 Å². The van der Waals surface area contributed by atoms with E-state index in [1.54, 1.807) is 10.6 Å². The third-order valence-electron chi connectivity index (χ3n) is 6.70. The standard InChI is InChI=1S/C25H33N3O2/c1-27(20-12-6-3-7-13-20)16-9-15-26-25(30)24-21(19-10-4-2-5-11-19)18-23(29)28-17-8-14-22(24)28/h2,4-5,10-11,18,20H,3,6-9,12-17H2,1H3,(H,26,30). The van der Waals surface area contributed by atoms with E-state index in [0.29, 0.717) is 24.7 Å². The summed E-state index contributed by atoms with van der Waals surface area (Å²) in [7, 11) is 2.21. The molecular weight excluding hydrogens is 374 g/mol. The molecule has 2 heterocycles. The van der Waals surface area contributed by atoms with Crippen LogP contribution >= 0.6 is 0 Å². The van der Waals surface area contributed by atoms with Crippen molar-refractivity contribution < 1.29 is 4.79 Å². The fraction of sp³-hybridized carbons (Fsp3) is 0.520. The van der Waals surface area contributed by atoms with Crippen LogP contribution in [0.2, 0.25) is 0 Å². The lowest BCUT2D eigenvalue weighted by atomic mass is 9.94. The molecule has 2 aliphatic rings. The van der Waals surface area contributed by atoms with Crippen LogP contribution in [-0.4, -0.2) is 41.6 Å². The molecule has 30 heavy (non-hydrogen) atoms. The molecule has 0 spiro atoms. The summed E-state index contributed by atoms with van der Waals surface area (Å²) in [6.45, 7) is 2.36. The molecule has 160 valence electrons. The summed E-state index contributed by atoms with van der Waals surface area (Å²) in [6, 6.07) is 12.1. The van der Waals surface area contributed by atoms with Gasteiger partial charge in [-0.05, 0) is 51.3 Å². The van der Waals surface area contributed by atoms with Crippen molar-refractivity contribution in [2.24, 2.45) is 0 Å². The molecule has 0 atom stereocenters. The highest BCUT2D eigenvalue weighted by Crippen LogP contribution is 2.28. The lowest BCUT2D eigenvalue weighted by molar-refractivity contribution is 0.0949.